The third-order valence-corrected chi connectivity index (χ3v) is 5.98. The molecule has 1 aliphatic carbocycles. The molecule has 1 unspecified atom stereocenters. The quantitative estimate of drug-likeness (QED) is 0.842. The highest BCUT2D eigenvalue weighted by atomic mass is 32.1. The van der Waals surface area contributed by atoms with Gasteiger partial charge in [0.1, 0.15) is 16.5 Å². The van der Waals surface area contributed by atoms with Crippen LogP contribution in [0.1, 0.15) is 35.5 Å². The van der Waals surface area contributed by atoms with E-state index in [1.165, 1.54) is 29.7 Å². The van der Waals surface area contributed by atoms with Gasteiger partial charge in [-0.05, 0) is 38.2 Å². The standard InChI is InChI=1S/C17H21N3O3S/c1-10-18-15(20-7-8-23-12(9-20)17(21)22)14-11-5-3-2-4-6-13(11)24-16(14)19-10/h12H,2-9H2,1H3,(H,21,22). The van der Waals surface area contributed by atoms with Crippen molar-refractivity contribution in [3.8, 4) is 0 Å². The first kappa shape index (κ1) is 15.8. The number of aromatic nitrogens is 2. The van der Waals surface area contributed by atoms with Crippen LogP contribution in [0.25, 0.3) is 10.2 Å². The van der Waals surface area contributed by atoms with Gasteiger partial charge in [-0.15, -0.1) is 11.3 Å². The molecule has 0 aromatic carbocycles. The molecule has 24 heavy (non-hydrogen) atoms. The molecular formula is C17H21N3O3S. The van der Waals surface area contributed by atoms with E-state index in [0.29, 0.717) is 19.7 Å². The third-order valence-electron chi connectivity index (χ3n) is 4.80. The monoisotopic (exact) mass is 347 g/mol. The fraction of sp³-hybridized carbons (Fsp3) is 0.588. The van der Waals surface area contributed by atoms with Gasteiger partial charge in [0, 0.05) is 11.4 Å². The smallest absolute Gasteiger partial charge is 0.334 e. The zero-order valence-corrected chi connectivity index (χ0v) is 14.6. The van der Waals surface area contributed by atoms with Crippen molar-refractivity contribution < 1.29 is 14.6 Å². The number of thiophene rings is 1. The summed E-state index contributed by atoms with van der Waals surface area (Å²) in [6.45, 7) is 3.32. The molecular weight excluding hydrogens is 326 g/mol. The fourth-order valence-corrected chi connectivity index (χ4v) is 4.94. The SMILES string of the molecule is Cc1nc(N2CCOC(C(=O)O)C2)c2c3c(sc2n1)CCCCC3. The zero-order valence-electron chi connectivity index (χ0n) is 13.7. The van der Waals surface area contributed by atoms with Gasteiger partial charge in [-0.1, -0.05) is 6.42 Å². The number of hydrogen-bond acceptors (Lipinski definition) is 6. The molecule has 4 rings (SSSR count). The molecule has 1 N–H and O–H groups in total. The summed E-state index contributed by atoms with van der Waals surface area (Å²) in [6.07, 6.45) is 5.11. The molecule has 0 bridgehead atoms. The lowest BCUT2D eigenvalue weighted by atomic mass is 10.1. The van der Waals surface area contributed by atoms with Crippen molar-refractivity contribution in [3.05, 3.63) is 16.3 Å². The summed E-state index contributed by atoms with van der Waals surface area (Å²) in [5.41, 5.74) is 1.39. The van der Waals surface area contributed by atoms with E-state index in [2.05, 4.69) is 9.88 Å². The van der Waals surface area contributed by atoms with Crippen LogP contribution < -0.4 is 4.90 Å². The highest BCUT2D eigenvalue weighted by Gasteiger charge is 2.30. The molecule has 2 aromatic heterocycles. The lowest BCUT2D eigenvalue weighted by Gasteiger charge is -2.32. The average Bonchev–Trinajstić information content (AvgIpc) is 2.75. The fourth-order valence-electron chi connectivity index (χ4n) is 3.64. The van der Waals surface area contributed by atoms with Crippen molar-refractivity contribution in [2.45, 2.75) is 45.1 Å². The summed E-state index contributed by atoms with van der Waals surface area (Å²) in [5, 5.41) is 10.4. The predicted octanol–water partition coefficient (Wildman–Crippen LogP) is 2.56. The Morgan fingerprint density at radius 3 is 2.96 bits per heavy atom. The molecule has 0 saturated carbocycles. The highest BCUT2D eigenvalue weighted by Crippen LogP contribution is 2.39. The van der Waals surface area contributed by atoms with Crippen LogP contribution in [-0.2, 0) is 22.4 Å². The lowest BCUT2D eigenvalue weighted by molar-refractivity contribution is -0.150. The largest absolute Gasteiger partial charge is 0.479 e. The summed E-state index contributed by atoms with van der Waals surface area (Å²) in [5.74, 6) is 0.726. The van der Waals surface area contributed by atoms with Gasteiger partial charge in [0.2, 0.25) is 0 Å². The van der Waals surface area contributed by atoms with E-state index < -0.39 is 12.1 Å². The van der Waals surface area contributed by atoms with E-state index >= 15 is 0 Å². The predicted molar refractivity (Wildman–Crippen MR) is 93.0 cm³/mol. The number of carbonyl (C=O) groups is 1. The van der Waals surface area contributed by atoms with Crippen LogP contribution in [0.15, 0.2) is 0 Å². The first-order valence-electron chi connectivity index (χ1n) is 8.51. The molecule has 2 aromatic rings. The number of aryl methyl sites for hydroxylation is 3. The normalized spacial score (nSPS) is 21.5. The number of morpholine rings is 1. The first-order chi connectivity index (χ1) is 11.6. The Hall–Kier alpha value is -1.73. The number of hydrogen-bond donors (Lipinski definition) is 1. The van der Waals surface area contributed by atoms with Crippen LogP contribution >= 0.6 is 11.3 Å². The maximum atomic E-state index is 11.3. The zero-order chi connectivity index (χ0) is 16.7. The summed E-state index contributed by atoms with van der Waals surface area (Å²) >= 11 is 1.79. The third kappa shape index (κ3) is 2.75. The van der Waals surface area contributed by atoms with Gasteiger partial charge < -0.3 is 14.7 Å². The maximum absolute atomic E-state index is 11.3. The number of nitrogens with zero attached hydrogens (tertiary/aromatic N) is 3. The second-order valence-electron chi connectivity index (χ2n) is 6.48. The molecule has 3 heterocycles. The van der Waals surface area contributed by atoms with E-state index in [4.69, 9.17) is 9.72 Å². The molecule has 0 amide bonds. The van der Waals surface area contributed by atoms with Crippen LogP contribution in [0, 0.1) is 6.92 Å². The minimum atomic E-state index is -0.911. The molecule has 6 nitrogen and oxygen atoms in total. The van der Waals surface area contributed by atoms with Gasteiger partial charge >= 0.3 is 5.97 Å². The Balaban J connectivity index is 1.82. The summed E-state index contributed by atoms with van der Waals surface area (Å²) < 4.78 is 5.37. The van der Waals surface area contributed by atoms with E-state index in [1.54, 1.807) is 11.3 Å². The summed E-state index contributed by atoms with van der Waals surface area (Å²) in [7, 11) is 0. The summed E-state index contributed by atoms with van der Waals surface area (Å²) in [4.78, 5) is 25.2. The molecule has 128 valence electrons. The Kier molecular flexibility index (Phi) is 4.14. The van der Waals surface area contributed by atoms with Gasteiger partial charge in [0.05, 0.1) is 18.5 Å². The minimum absolute atomic E-state index is 0.339. The molecule has 7 heteroatoms. The Morgan fingerprint density at radius 2 is 2.12 bits per heavy atom. The molecule has 0 spiro atoms. The second kappa shape index (κ2) is 6.29. The molecule has 2 aliphatic rings. The summed E-state index contributed by atoms with van der Waals surface area (Å²) in [6, 6.07) is 0. The molecule has 1 saturated heterocycles. The van der Waals surface area contributed by atoms with E-state index in [9.17, 15) is 9.90 Å². The molecule has 1 atom stereocenters. The number of ether oxygens (including phenoxy) is 1. The Bertz CT molecular complexity index is 789. The van der Waals surface area contributed by atoms with Gasteiger partial charge in [-0.25, -0.2) is 14.8 Å². The number of rotatable bonds is 2. The van der Waals surface area contributed by atoms with Crippen molar-refractivity contribution in [3.63, 3.8) is 0 Å². The minimum Gasteiger partial charge on any atom is -0.479 e. The highest BCUT2D eigenvalue weighted by molar-refractivity contribution is 7.19. The maximum Gasteiger partial charge on any atom is 0.334 e. The number of carboxylic acids is 1. The van der Waals surface area contributed by atoms with Crippen molar-refractivity contribution in [1.82, 2.24) is 9.97 Å². The van der Waals surface area contributed by atoms with Crippen molar-refractivity contribution >= 4 is 33.3 Å². The van der Waals surface area contributed by atoms with E-state index in [1.807, 2.05) is 6.92 Å². The van der Waals surface area contributed by atoms with Crippen molar-refractivity contribution in [2.75, 3.05) is 24.6 Å². The average molecular weight is 347 g/mol. The van der Waals surface area contributed by atoms with Crippen LogP contribution in [0.5, 0.6) is 0 Å². The van der Waals surface area contributed by atoms with Gasteiger partial charge in [-0.2, -0.15) is 0 Å². The van der Waals surface area contributed by atoms with Crippen molar-refractivity contribution in [1.29, 1.82) is 0 Å². The second-order valence-corrected chi connectivity index (χ2v) is 7.57. The van der Waals surface area contributed by atoms with Gasteiger partial charge in [-0.3, -0.25) is 0 Å². The Labute approximate surface area is 144 Å². The molecule has 1 fully saturated rings. The number of aliphatic carboxylic acids is 1. The van der Waals surface area contributed by atoms with Gasteiger partial charge in [0.15, 0.2) is 6.10 Å². The van der Waals surface area contributed by atoms with E-state index in [0.717, 1.165) is 34.7 Å². The van der Waals surface area contributed by atoms with Crippen LogP contribution in [-0.4, -0.2) is 46.8 Å². The topological polar surface area (TPSA) is 75.6 Å². The first-order valence-corrected chi connectivity index (χ1v) is 9.33. The Morgan fingerprint density at radius 1 is 1.29 bits per heavy atom. The lowest BCUT2D eigenvalue weighted by Crippen LogP contribution is -2.46. The van der Waals surface area contributed by atoms with Crippen LogP contribution in [0.2, 0.25) is 0 Å². The molecule has 1 aliphatic heterocycles. The number of fused-ring (bicyclic) bond motifs is 3. The number of carboxylic acid groups (broad SMARTS) is 1. The number of anilines is 1. The molecule has 0 radical (unpaired) electrons. The van der Waals surface area contributed by atoms with Gasteiger partial charge in [0.25, 0.3) is 0 Å². The van der Waals surface area contributed by atoms with Crippen LogP contribution in [0.4, 0.5) is 5.82 Å². The van der Waals surface area contributed by atoms with Crippen LogP contribution in [0.3, 0.4) is 0 Å². The van der Waals surface area contributed by atoms with Crippen molar-refractivity contribution in [2.24, 2.45) is 0 Å². The van der Waals surface area contributed by atoms with E-state index in [-0.39, 0.29) is 0 Å².